The Morgan fingerprint density at radius 1 is 1.26 bits per heavy atom. The van der Waals surface area contributed by atoms with Gasteiger partial charge in [0.25, 0.3) is 5.91 Å². The fourth-order valence-electron chi connectivity index (χ4n) is 2.87. The van der Waals surface area contributed by atoms with Gasteiger partial charge in [-0.3, -0.25) is 9.59 Å². The van der Waals surface area contributed by atoms with Crippen molar-refractivity contribution in [3.8, 4) is 5.75 Å². The zero-order valence-electron chi connectivity index (χ0n) is 14.1. The number of fused-ring (bicyclic) bond motifs is 1. The van der Waals surface area contributed by atoms with E-state index in [0.717, 1.165) is 5.56 Å². The second-order valence-electron chi connectivity index (χ2n) is 5.85. The lowest BCUT2D eigenvalue weighted by Gasteiger charge is -2.17. The molecule has 1 atom stereocenters. The zero-order chi connectivity index (χ0) is 19.7. The van der Waals surface area contributed by atoms with E-state index in [-0.39, 0.29) is 17.5 Å². The fraction of sp³-hybridized carbons (Fsp3) is 0.167. The van der Waals surface area contributed by atoms with Gasteiger partial charge in [-0.1, -0.05) is 30.3 Å². The number of carbonyl (C=O) groups is 2. The predicted molar refractivity (Wildman–Crippen MR) is 107 cm³/mol. The number of hydrogen-bond donors (Lipinski definition) is 3. The van der Waals surface area contributed by atoms with E-state index < -0.39 is 18.4 Å². The molecule has 7 nitrogen and oxygen atoms in total. The quantitative estimate of drug-likeness (QED) is 0.499. The van der Waals surface area contributed by atoms with Gasteiger partial charge in [-0.15, -0.1) is 0 Å². The maximum atomic E-state index is 12.1. The van der Waals surface area contributed by atoms with Crippen molar-refractivity contribution < 1.29 is 19.8 Å². The number of aliphatic carboxylic acids is 1. The lowest BCUT2D eigenvalue weighted by atomic mass is 10.1. The summed E-state index contributed by atoms with van der Waals surface area (Å²) in [7, 11) is 0. The average molecular weight is 497 g/mol. The Bertz CT molecular complexity index is 1030. The Hall–Kier alpha value is -2.39. The number of rotatable bonds is 5. The van der Waals surface area contributed by atoms with Crippen molar-refractivity contribution in [3.05, 3.63) is 56.9 Å². The Balaban J connectivity index is 2.11. The summed E-state index contributed by atoms with van der Waals surface area (Å²) in [6.45, 7) is 1.45. The van der Waals surface area contributed by atoms with Gasteiger partial charge in [0, 0.05) is 0 Å². The van der Waals surface area contributed by atoms with Gasteiger partial charge in [-0.25, -0.2) is 4.98 Å². The maximum absolute atomic E-state index is 12.1. The summed E-state index contributed by atoms with van der Waals surface area (Å²) in [5.74, 6) is -2.26. The number of hydrogen-bond acceptors (Lipinski definition) is 4. The molecule has 2 aromatic heterocycles. The Kier molecular flexibility index (Phi) is 5.52. The summed E-state index contributed by atoms with van der Waals surface area (Å²) in [5.41, 5.74) is 1.45. The number of carbonyl (C=O) groups excluding carboxylic acids is 1. The first-order valence-corrected chi connectivity index (χ1v) is 9.53. The van der Waals surface area contributed by atoms with Crippen LogP contribution in [0, 0.1) is 0 Å². The Morgan fingerprint density at radius 3 is 2.56 bits per heavy atom. The lowest BCUT2D eigenvalue weighted by molar-refractivity contribution is -0.135. The first-order valence-electron chi connectivity index (χ1n) is 7.94. The van der Waals surface area contributed by atoms with Gasteiger partial charge in [0.1, 0.15) is 11.1 Å². The molecule has 0 radical (unpaired) electrons. The number of aromatic hydroxyl groups is 1. The summed E-state index contributed by atoms with van der Waals surface area (Å²) in [4.78, 5) is 26.8. The number of pyridine rings is 1. The highest BCUT2D eigenvalue weighted by Gasteiger charge is 2.25. The van der Waals surface area contributed by atoms with E-state index >= 15 is 0 Å². The summed E-state index contributed by atoms with van der Waals surface area (Å²) in [6.07, 6.45) is 1.49. The number of benzene rings is 1. The molecule has 3 aromatic rings. The van der Waals surface area contributed by atoms with Gasteiger partial charge in [0.2, 0.25) is 0 Å². The molecule has 0 aliphatic rings. The molecule has 3 N–H and O–H groups in total. The largest absolute Gasteiger partial charge is 0.505 e. The molecule has 1 amide bonds. The molecule has 140 valence electrons. The number of nitrogens with one attached hydrogen (secondary N) is 1. The van der Waals surface area contributed by atoms with E-state index in [9.17, 15) is 14.7 Å². The van der Waals surface area contributed by atoms with Crippen molar-refractivity contribution in [2.45, 2.75) is 13.0 Å². The molecule has 0 spiro atoms. The normalized spacial score (nSPS) is 12.1. The number of carboxylic acids is 1. The third kappa shape index (κ3) is 3.57. The monoisotopic (exact) mass is 495 g/mol. The van der Waals surface area contributed by atoms with E-state index in [4.69, 9.17) is 5.11 Å². The summed E-state index contributed by atoms with van der Waals surface area (Å²) in [5, 5.41) is 21.9. The van der Waals surface area contributed by atoms with Crippen molar-refractivity contribution in [1.82, 2.24) is 14.9 Å². The molecular formula is C18H15Br2N3O4. The molecule has 1 aromatic carbocycles. The summed E-state index contributed by atoms with van der Waals surface area (Å²) < 4.78 is 3.21. The first-order chi connectivity index (χ1) is 12.8. The fourth-order valence-corrected chi connectivity index (χ4v) is 4.15. The molecule has 0 bridgehead atoms. The van der Waals surface area contributed by atoms with E-state index in [2.05, 4.69) is 42.2 Å². The van der Waals surface area contributed by atoms with Crippen LogP contribution in [0.25, 0.3) is 10.9 Å². The van der Waals surface area contributed by atoms with Crippen molar-refractivity contribution in [2.24, 2.45) is 0 Å². The molecule has 0 fully saturated rings. The van der Waals surface area contributed by atoms with Gasteiger partial charge in [-0.05, 0) is 44.3 Å². The van der Waals surface area contributed by atoms with Crippen LogP contribution in [0.15, 0.2) is 45.6 Å². The molecule has 0 saturated carbocycles. The minimum absolute atomic E-state index is 0.0674. The molecule has 1 unspecified atom stereocenters. The van der Waals surface area contributed by atoms with Crippen LogP contribution in [0.3, 0.4) is 0 Å². The van der Waals surface area contributed by atoms with Crippen LogP contribution in [0.4, 0.5) is 0 Å². The van der Waals surface area contributed by atoms with E-state index in [0.29, 0.717) is 20.0 Å². The Morgan fingerprint density at radius 2 is 1.93 bits per heavy atom. The predicted octanol–water partition coefficient (Wildman–Crippen LogP) is 3.69. The molecule has 0 saturated heterocycles. The zero-order valence-corrected chi connectivity index (χ0v) is 17.3. The van der Waals surface area contributed by atoms with Crippen molar-refractivity contribution in [2.75, 3.05) is 6.54 Å². The molecular weight excluding hydrogens is 482 g/mol. The van der Waals surface area contributed by atoms with E-state index in [1.807, 2.05) is 41.8 Å². The minimum Gasteiger partial charge on any atom is -0.505 e. The SMILES string of the molecule is CC(c1ccccc1)n1c(Br)c(Br)c2c(O)c(C(=O)NCC(=O)O)ncc21. The van der Waals surface area contributed by atoms with Gasteiger partial charge in [0.05, 0.1) is 27.6 Å². The standard InChI is InChI=1S/C18H15Br2N3O4/c1-9(10-5-3-2-4-6-10)23-11-7-21-15(18(27)22-8-12(24)25)16(26)13(11)14(19)17(23)20/h2-7,9,26H,8H2,1H3,(H,22,27)(H,24,25). The van der Waals surface area contributed by atoms with Crippen LogP contribution in [0.1, 0.15) is 29.0 Å². The first kappa shape index (κ1) is 19.4. The lowest BCUT2D eigenvalue weighted by Crippen LogP contribution is -2.29. The Labute approximate surface area is 171 Å². The van der Waals surface area contributed by atoms with Crippen LogP contribution >= 0.6 is 31.9 Å². The number of aromatic nitrogens is 2. The van der Waals surface area contributed by atoms with Gasteiger partial charge >= 0.3 is 5.97 Å². The molecule has 3 rings (SSSR count). The number of halogens is 2. The topological polar surface area (TPSA) is 104 Å². The summed E-state index contributed by atoms with van der Waals surface area (Å²) in [6, 6.07) is 9.75. The second kappa shape index (κ2) is 7.69. The number of amides is 1. The highest BCUT2D eigenvalue weighted by molar-refractivity contribution is 9.13. The number of nitrogens with zero attached hydrogens (tertiary/aromatic N) is 2. The molecule has 0 aliphatic heterocycles. The third-order valence-corrected chi connectivity index (χ3v) is 6.27. The minimum atomic E-state index is -1.18. The van der Waals surface area contributed by atoms with Crippen LogP contribution in [-0.4, -0.2) is 38.2 Å². The third-order valence-electron chi connectivity index (χ3n) is 4.19. The van der Waals surface area contributed by atoms with Gasteiger partial charge < -0.3 is 20.1 Å². The van der Waals surface area contributed by atoms with Crippen LogP contribution in [0.5, 0.6) is 5.75 Å². The highest BCUT2D eigenvalue weighted by Crippen LogP contribution is 2.43. The van der Waals surface area contributed by atoms with Crippen LogP contribution in [0.2, 0.25) is 0 Å². The number of carboxylic acid groups (broad SMARTS) is 1. The summed E-state index contributed by atoms with van der Waals surface area (Å²) >= 11 is 6.99. The molecule has 27 heavy (non-hydrogen) atoms. The molecule has 2 heterocycles. The van der Waals surface area contributed by atoms with Crippen molar-refractivity contribution in [3.63, 3.8) is 0 Å². The maximum Gasteiger partial charge on any atom is 0.322 e. The van der Waals surface area contributed by atoms with Crippen molar-refractivity contribution >= 4 is 54.6 Å². The van der Waals surface area contributed by atoms with Crippen molar-refractivity contribution in [1.29, 1.82) is 0 Å². The van der Waals surface area contributed by atoms with E-state index in [1.165, 1.54) is 6.20 Å². The van der Waals surface area contributed by atoms with Crippen LogP contribution < -0.4 is 5.32 Å². The van der Waals surface area contributed by atoms with Gasteiger partial charge in [-0.2, -0.15) is 0 Å². The highest BCUT2D eigenvalue weighted by atomic mass is 79.9. The molecule has 0 aliphatic carbocycles. The van der Waals surface area contributed by atoms with Gasteiger partial charge in [0.15, 0.2) is 11.4 Å². The molecule has 9 heteroatoms. The van der Waals surface area contributed by atoms with E-state index in [1.54, 1.807) is 0 Å². The average Bonchev–Trinajstić information content (AvgIpc) is 2.91. The van der Waals surface area contributed by atoms with Crippen LogP contribution in [-0.2, 0) is 4.79 Å². The second-order valence-corrected chi connectivity index (χ2v) is 7.40. The smallest absolute Gasteiger partial charge is 0.322 e.